The van der Waals surface area contributed by atoms with Crippen LogP contribution in [0.15, 0.2) is 36.7 Å². The normalized spacial score (nSPS) is 15.2. The van der Waals surface area contributed by atoms with Crippen LogP contribution in [0.4, 0.5) is 17.5 Å². The van der Waals surface area contributed by atoms with Crippen molar-refractivity contribution >= 4 is 28.6 Å². The van der Waals surface area contributed by atoms with E-state index >= 15 is 0 Å². The Morgan fingerprint density at radius 3 is 2.36 bits per heavy atom. The van der Waals surface area contributed by atoms with Crippen molar-refractivity contribution in [3.8, 4) is 0 Å². The maximum Gasteiger partial charge on any atom is 0.229 e. The minimum Gasteiger partial charge on any atom is -0.341 e. The molecule has 1 aromatic carbocycles. The van der Waals surface area contributed by atoms with Gasteiger partial charge >= 0.3 is 0 Å². The van der Waals surface area contributed by atoms with Crippen LogP contribution in [-0.2, 0) is 0 Å². The van der Waals surface area contributed by atoms with Crippen LogP contribution in [0, 0.1) is 6.92 Å². The fraction of sp³-hybridized carbons (Fsp3) is 0.368. The highest BCUT2D eigenvalue weighted by molar-refractivity contribution is 5.85. The standard InChI is InChI=1S/C19H22N6/c1-14-6-8-15(9-7-14)22-18-16-17(21-11-10-20-16)23-19(24-18)25-12-4-2-3-5-13-25/h6-11H,2-5,12-13H2,1H3,(H,21,22,23,24). The molecule has 0 radical (unpaired) electrons. The minimum absolute atomic E-state index is 0.631. The Balaban J connectivity index is 1.74. The van der Waals surface area contributed by atoms with Crippen LogP contribution < -0.4 is 10.2 Å². The van der Waals surface area contributed by atoms with E-state index in [-0.39, 0.29) is 0 Å². The minimum atomic E-state index is 0.631. The maximum atomic E-state index is 4.79. The Morgan fingerprint density at radius 1 is 0.880 bits per heavy atom. The molecule has 1 N–H and O–H groups in total. The summed E-state index contributed by atoms with van der Waals surface area (Å²) in [5.41, 5.74) is 3.54. The van der Waals surface area contributed by atoms with Crippen molar-refractivity contribution in [3.05, 3.63) is 42.2 Å². The summed E-state index contributed by atoms with van der Waals surface area (Å²) in [6.45, 7) is 4.07. The Bertz CT molecular complexity index is 853. The van der Waals surface area contributed by atoms with E-state index in [0.717, 1.165) is 24.7 Å². The first-order chi connectivity index (χ1) is 12.3. The summed E-state index contributed by atoms with van der Waals surface area (Å²) in [5, 5.41) is 3.39. The molecule has 0 atom stereocenters. The van der Waals surface area contributed by atoms with Gasteiger partial charge in [0.25, 0.3) is 0 Å². The summed E-state index contributed by atoms with van der Waals surface area (Å²) in [7, 11) is 0. The summed E-state index contributed by atoms with van der Waals surface area (Å²) >= 11 is 0. The van der Waals surface area contributed by atoms with E-state index in [1.165, 1.54) is 31.2 Å². The summed E-state index contributed by atoms with van der Waals surface area (Å²) in [4.78, 5) is 20.5. The third-order valence-electron chi connectivity index (χ3n) is 4.52. The lowest BCUT2D eigenvalue weighted by Crippen LogP contribution is -2.26. The molecular formula is C19H22N6. The van der Waals surface area contributed by atoms with Crippen molar-refractivity contribution in [2.24, 2.45) is 0 Å². The lowest BCUT2D eigenvalue weighted by Gasteiger charge is -2.21. The smallest absolute Gasteiger partial charge is 0.229 e. The first-order valence-corrected chi connectivity index (χ1v) is 8.87. The van der Waals surface area contributed by atoms with Gasteiger partial charge in [0.05, 0.1) is 0 Å². The van der Waals surface area contributed by atoms with E-state index < -0.39 is 0 Å². The molecule has 0 aliphatic carbocycles. The number of anilines is 3. The van der Waals surface area contributed by atoms with Gasteiger partial charge in [0, 0.05) is 31.2 Å². The molecule has 0 bridgehead atoms. The van der Waals surface area contributed by atoms with Gasteiger partial charge < -0.3 is 10.2 Å². The molecule has 6 heteroatoms. The fourth-order valence-electron chi connectivity index (χ4n) is 3.13. The SMILES string of the molecule is Cc1ccc(Nc2nc(N3CCCCCC3)nc3nccnc23)cc1. The van der Waals surface area contributed by atoms with Gasteiger partial charge in [0.15, 0.2) is 17.0 Å². The largest absolute Gasteiger partial charge is 0.341 e. The number of fused-ring (bicyclic) bond motifs is 1. The molecule has 128 valence electrons. The van der Waals surface area contributed by atoms with E-state index in [0.29, 0.717) is 17.0 Å². The first kappa shape index (κ1) is 15.7. The highest BCUT2D eigenvalue weighted by Crippen LogP contribution is 2.25. The molecule has 3 aromatic rings. The number of rotatable bonds is 3. The molecule has 2 aromatic heterocycles. The van der Waals surface area contributed by atoms with Gasteiger partial charge in [0.2, 0.25) is 5.95 Å². The Kier molecular flexibility index (Phi) is 4.41. The van der Waals surface area contributed by atoms with Crippen molar-refractivity contribution in [1.82, 2.24) is 19.9 Å². The number of nitrogens with zero attached hydrogens (tertiary/aromatic N) is 5. The molecule has 6 nitrogen and oxygen atoms in total. The first-order valence-electron chi connectivity index (χ1n) is 8.87. The average molecular weight is 334 g/mol. The third kappa shape index (κ3) is 3.52. The van der Waals surface area contributed by atoms with Gasteiger partial charge in [0.1, 0.15) is 0 Å². The molecule has 3 heterocycles. The van der Waals surface area contributed by atoms with Crippen LogP contribution in [0.2, 0.25) is 0 Å². The van der Waals surface area contributed by atoms with Crippen LogP contribution in [-0.4, -0.2) is 33.0 Å². The van der Waals surface area contributed by atoms with Crippen LogP contribution >= 0.6 is 0 Å². The van der Waals surface area contributed by atoms with Gasteiger partial charge in [-0.3, -0.25) is 0 Å². The molecule has 0 amide bonds. The van der Waals surface area contributed by atoms with E-state index in [2.05, 4.69) is 44.2 Å². The Hall–Kier alpha value is -2.76. The highest BCUT2D eigenvalue weighted by Gasteiger charge is 2.16. The molecule has 1 aliphatic heterocycles. The van der Waals surface area contributed by atoms with Crippen LogP contribution in [0.1, 0.15) is 31.2 Å². The summed E-state index contributed by atoms with van der Waals surface area (Å²) in [6, 6.07) is 8.25. The van der Waals surface area contributed by atoms with Gasteiger partial charge in [-0.15, -0.1) is 0 Å². The second-order valence-electron chi connectivity index (χ2n) is 6.49. The summed E-state index contributed by atoms with van der Waals surface area (Å²) < 4.78 is 0. The zero-order chi connectivity index (χ0) is 17.1. The second kappa shape index (κ2) is 7.01. The lowest BCUT2D eigenvalue weighted by molar-refractivity contribution is 0.726. The number of aryl methyl sites for hydroxylation is 1. The predicted molar refractivity (Wildman–Crippen MR) is 100 cm³/mol. The molecule has 0 spiro atoms. The van der Waals surface area contributed by atoms with Crippen LogP contribution in [0.3, 0.4) is 0 Å². The number of aromatic nitrogens is 4. The fourth-order valence-corrected chi connectivity index (χ4v) is 3.13. The number of hydrogen-bond donors (Lipinski definition) is 1. The van der Waals surface area contributed by atoms with Gasteiger partial charge in [-0.1, -0.05) is 30.5 Å². The van der Waals surface area contributed by atoms with Crippen molar-refractivity contribution in [1.29, 1.82) is 0 Å². The number of hydrogen-bond acceptors (Lipinski definition) is 6. The second-order valence-corrected chi connectivity index (χ2v) is 6.49. The van der Waals surface area contributed by atoms with E-state index in [9.17, 15) is 0 Å². The Labute approximate surface area is 147 Å². The van der Waals surface area contributed by atoms with Crippen molar-refractivity contribution in [3.63, 3.8) is 0 Å². The maximum absolute atomic E-state index is 4.79. The topological polar surface area (TPSA) is 66.8 Å². The molecule has 0 unspecified atom stereocenters. The molecule has 1 fully saturated rings. The zero-order valence-corrected chi connectivity index (χ0v) is 14.4. The average Bonchev–Trinajstić information content (AvgIpc) is 2.93. The van der Waals surface area contributed by atoms with Crippen molar-refractivity contribution in [2.75, 3.05) is 23.3 Å². The van der Waals surface area contributed by atoms with Crippen molar-refractivity contribution < 1.29 is 0 Å². The molecule has 25 heavy (non-hydrogen) atoms. The van der Waals surface area contributed by atoms with Crippen LogP contribution in [0.5, 0.6) is 0 Å². The van der Waals surface area contributed by atoms with E-state index in [4.69, 9.17) is 4.98 Å². The summed E-state index contributed by atoms with van der Waals surface area (Å²) in [5.74, 6) is 1.45. The third-order valence-corrected chi connectivity index (χ3v) is 4.52. The van der Waals surface area contributed by atoms with Gasteiger partial charge in [-0.05, 0) is 31.9 Å². The molecule has 1 aliphatic rings. The summed E-state index contributed by atoms with van der Waals surface area (Å²) in [6.07, 6.45) is 8.27. The Morgan fingerprint density at radius 2 is 1.60 bits per heavy atom. The van der Waals surface area contributed by atoms with Gasteiger partial charge in [-0.25, -0.2) is 9.97 Å². The monoisotopic (exact) mass is 334 g/mol. The zero-order valence-electron chi connectivity index (χ0n) is 14.4. The van der Waals surface area contributed by atoms with E-state index in [1.54, 1.807) is 12.4 Å². The predicted octanol–water partition coefficient (Wildman–Crippen LogP) is 3.85. The lowest BCUT2D eigenvalue weighted by atomic mass is 10.2. The number of nitrogens with one attached hydrogen (secondary N) is 1. The molecule has 0 saturated carbocycles. The molecule has 1 saturated heterocycles. The molecular weight excluding hydrogens is 312 g/mol. The quantitative estimate of drug-likeness (QED) is 0.785. The van der Waals surface area contributed by atoms with E-state index in [1.807, 2.05) is 12.1 Å². The van der Waals surface area contributed by atoms with Crippen molar-refractivity contribution in [2.45, 2.75) is 32.6 Å². The van der Waals surface area contributed by atoms with Gasteiger partial charge in [-0.2, -0.15) is 9.97 Å². The molecule has 4 rings (SSSR count). The van der Waals surface area contributed by atoms with Crippen LogP contribution in [0.25, 0.3) is 11.2 Å². The highest BCUT2D eigenvalue weighted by atomic mass is 15.3. The number of benzene rings is 1.